The summed E-state index contributed by atoms with van der Waals surface area (Å²) < 4.78 is 11.3. The molecule has 17 heavy (non-hydrogen) atoms. The van der Waals surface area contributed by atoms with Gasteiger partial charge < -0.3 is 9.47 Å². The highest BCUT2D eigenvalue weighted by Gasteiger charge is 2.21. The summed E-state index contributed by atoms with van der Waals surface area (Å²) in [6, 6.07) is 7.96. The Kier molecular flexibility index (Phi) is 3.59. The Hall–Kier alpha value is -1.61. The van der Waals surface area contributed by atoms with E-state index in [1.165, 1.54) is 0 Å². The standard InChI is InChI=1S/C14H17NO2/c1-4-13-11-8-6-7-9-12(11)15-14(17-13)10(3)16-5-2/h4,6-10H,5H2,1-3H3/b13-4-. The maximum absolute atomic E-state index is 5.76. The first-order valence-electron chi connectivity index (χ1n) is 5.90. The van der Waals surface area contributed by atoms with Crippen LogP contribution in [0.3, 0.4) is 0 Å². The molecule has 0 spiro atoms. The Morgan fingerprint density at radius 1 is 1.41 bits per heavy atom. The molecule has 3 heteroatoms. The number of para-hydroxylation sites is 1. The molecule has 0 amide bonds. The van der Waals surface area contributed by atoms with Gasteiger partial charge in [-0.3, -0.25) is 0 Å². The third-order valence-corrected chi connectivity index (χ3v) is 2.64. The third kappa shape index (κ3) is 2.39. The largest absolute Gasteiger partial charge is 0.440 e. The van der Waals surface area contributed by atoms with Gasteiger partial charge in [0, 0.05) is 12.2 Å². The van der Waals surface area contributed by atoms with E-state index in [2.05, 4.69) is 4.99 Å². The molecule has 1 aromatic rings. The minimum Gasteiger partial charge on any atom is -0.440 e. The van der Waals surface area contributed by atoms with Crippen LogP contribution in [-0.2, 0) is 9.47 Å². The molecule has 0 saturated carbocycles. The predicted molar refractivity (Wildman–Crippen MR) is 69.4 cm³/mol. The zero-order valence-corrected chi connectivity index (χ0v) is 10.4. The first kappa shape index (κ1) is 11.9. The van der Waals surface area contributed by atoms with Gasteiger partial charge >= 0.3 is 0 Å². The highest BCUT2D eigenvalue weighted by Crippen LogP contribution is 2.32. The number of hydrogen-bond acceptors (Lipinski definition) is 3. The molecule has 1 heterocycles. The quantitative estimate of drug-likeness (QED) is 0.796. The van der Waals surface area contributed by atoms with Gasteiger partial charge in [0.2, 0.25) is 5.90 Å². The molecule has 0 N–H and O–H groups in total. The summed E-state index contributed by atoms with van der Waals surface area (Å²) in [6.07, 6.45) is 1.83. The van der Waals surface area contributed by atoms with Crippen molar-refractivity contribution in [2.75, 3.05) is 6.61 Å². The fourth-order valence-electron chi connectivity index (χ4n) is 1.80. The number of hydrogen-bond donors (Lipinski definition) is 0. The second-order valence-corrected chi connectivity index (χ2v) is 3.82. The van der Waals surface area contributed by atoms with Gasteiger partial charge in [-0.1, -0.05) is 12.1 Å². The van der Waals surface area contributed by atoms with Crippen molar-refractivity contribution in [1.82, 2.24) is 0 Å². The summed E-state index contributed by atoms with van der Waals surface area (Å²) in [5.41, 5.74) is 1.97. The molecular formula is C14H17NO2. The lowest BCUT2D eigenvalue weighted by Crippen LogP contribution is -2.24. The van der Waals surface area contributed by atoms with Crippen molar-refractivity contribution in [1.29, 1.82) is 0 Å². The van der Waals surface area contributed by atoms with E-state index < -0.39 is 0 Å². The summed E-state index contributed by atoms with van der Waals surface area (Å²) in [6.45, 7) is 6.52. The Morgan fingerprint density at radius 3 is 2.88 bits per heavy atom. The van der Waals surface area contributed by atoms with Crippen molar-refractivity contribution in [3.05, 3.63) is 35.9 Å². The number of nitrogens with zero attached hydrogens (tertiary/aromatic N) is 1. The van der Waals surface area contributed by atoms with Gasteiger partial charge in [0.1, 0.15) is 11.9 Å². The van der Waals surface area contributed by atoms with Crippen LogP contribution in [0.15, 0.2) is 35.3 Å². The van der Waals surface area contributed by atoms with E-state index in [0.717, 1.165) is 17.0 Å². The zero-order chi connectivity index (χ0) is 12.3. The van der Waals surface area contributed by atoms with Gasteiger partial charge in [0.15, 0.2) is 0 Å². The zero-order valence-electron chi connectivity index (χ0n) is 10.4. The Morgan fingerprint density at radius 2 is 2.18 bits per heavy atom. The molecule has 0 fully saturated rings. The average Bonchev–Trinajstić information content (AvgIpc) is 2.37. The highest BCUT2D eigenvalue weighted by atomic mass is 16.5. The van der Waals surface area contributed by atoms with Crippen molar-refractivity contribution in [3.8, 4) is 0 Å². The number of rotatable bonds is 3. The summed E-state index contributed by atoms with van der Waals surface area (Å²) in [4.78, 5) is 4.49. The number of aliphatic imine (C=N–C) groups is 1. The van der Waals surface area contributed by atoms with E-state index in [0.29, 0.717) is 12.5 Å². The van der Waals surface area contributed by atoms with Crippen LogP contribution in [0.1, 0.15) is 26.3 Å². The van der Waals surface area contributed by atoms with Crippen LogP contribution >= 0.6 is 0 Å². The van der Waals surface area contributed by atoms with Crippen LogP contribution < -0.4 is 0 Å². The SMILES string of the molecule is C/C=C1\OC(C(C)OCC)=Nc2ccccc21. The second kappa shape index (κ2) is 5.15. The van der Waals surface area contributed by atoms with Gasteiger partial charge in [-0.05, 0) is 39.0 Å². The van der Waals surface area contributed by atoms with E-state index in [1.54, 1.807) is 0 Å². The number of allylic oxidation sites excluding steroid dienone is 1. The summed E-state index contributed by atoms with van der Waals surface area (Å²) in [7, 11) is 0. The van der Waals surface area contributed by atoms with Gasteiger partial charge in [0.25, 0.3) is 0 Å². The van der Waals surface area contributed by atoms with Crippen molar-refractivity contribution in [2.24, 2.45) is 4.99 Å². The van der Waals surface area contributed by atoms with E-state index in [4.69, 9.17) is 9.47 Å². The lowest BCUT2D eigenvalue weighted by atomic mass is 10.1. The lowest BCUT2D eigenvalue weighted by molar-refractivity contribution is 0.109. The topological polar surface area (TPSA) is 30.8 Å². The van der Waals surface area contributed by atoms with Crippen LogP contribution in [0, 0.1) is 0 Å². The highest BCUT2D eigenvalue weighted by molar-refractivity contribution is 5.93. The molecule has 90 valence electrons. The smallest absolute Gasteiger partial charge is 0.224 e. The lowest BCUT2D eigenvalue weighted by Gasteiger charge is -2.22. The maximum atomic E-state index is 5.76. The fourth-order valence-corrected chi connectivity index (χ4v) is 1.80. The van der Waals surface area contributed by atoms with Crippen LogP contribution in [0.25, 0.3) is 5.76 Å². The molecule has 0 bridgehead atoms. The maximum Gasteiger partial charge on any atom is 0.224 e. The fraction of sp³-hybridized carbons (Fsp3) is 0.357. The molecule has 1 unspecified atom stereocenters. The molecule has 2 rings (SSSR count). The Bertz CT molecular complexity index is 463. The van der Waals surface area contributed by atoms with Gasteiger partial charge in [-0.25, -0.2) is 4.99 Å². The van der Waals surface area contributed by atoms with Gasteiger partial charge in [0.05, 0.1) is 5.69 Å². The van der Waals surface area contributed by atoms with Crippen LogP contribution in [0.2, 0.25) is 0 Å². The Labute approximate surface area is 102 Å². The number of fused-ring (bicyclic) bond motifs is 1. The van der Waals surface area contributed by atoms with Crippen molar-refractivity contribution in [3.63, 3.8) is 0 Å². The molecular weight excluding hydrogens is 214 g/mol. The first-order valence-corrected chi connectivity index (χ1v) is 5.90. The molecule has 0 aromatic heterocycles. The molecule has 0 saturated heterocycles. The monoisotopic (exact) mass is 231 g/mol. The van der Waals surface area contributed by atoms with E-state index in [9.17, 15) is 0 Å². The number of ether oxygens (including phenoxy) is 2. The first-order chi connectivity index (χ1) is 8.26. The van der Waals surface area contributed by atoms with Gasteiger partial charge in [-0.2, -0.15) is 0 Å². The summed E-state index contributed by atoms with van der Waals surface area (Å²) >= 11 is 0. The van der Waals surface area contributed by atoms with Crippen molar-refractivity contribution in [2.45, 2.75) is 26.9 Å². The van der Waals surface area contributed by atoms with Gasteiger partial charge in [-0.15, -0.1) is 0 Å². The average molecular weight is 231 g/mol. The summed E-state index contributed by atoms with van der Waals surface area (Å²) in [5, 5.41) is 0. The van der Waals surface area contributed by atoms with E-state index >= 15 is 0 Å². The third-order valence-electron chi connectivity index (χ3n) is 2.64. The Balaban J connectivity index is 2.38. The van der Waals surface area contributed by atoms with Crippen LogP contribution in [0.5, 0.6) is 0 Å². The van der Waals surface area contributed by atoms with Crippen molar-refractivity contribution >= 4 is 17.3 Å². The molecule has 0 radical (unpaired) electrons. The normalized spacial score (nSPS) is 18.3. The molecule has 1 atom stereocenters. The molecule has 3 nitrogen and oxygen atoms in total. The molecule has 1 aliphatic heterocycles. The minimum atomic E-state index is -0.122. The predicted octanol–water partition coefficient (Wildman–Crippen LogP) is 3.53. The molecule has 1 aliphatic rings. The summed E-state index contributed by atoms with van der Waals surface area (Å²) in [5.74, 6) is 1.47. The van der Waals surface area contributed by atoms with E-state index in [1.807, 2.05) is 51.1 Å². The van der Waals surface area contributed by atoms with Crippen LogP contribution in [-0.4, -0.2) is 18.6 Å². The second-order valence-electron chi connectivity index (χ2n) is 3.82. The van der Waals surface area contributed by atoms with Crippen molar-refractivity contribution < 1.29 is 9.47 Å². The van der Waals surface area contributed by atoms with E-state index in [-0.39, 0.29) is 6.10 Å². The molecule has 0 aliphatic carbocycles. The number of benzene rings is 1. The minimum absolute atomic E-state index is 0.122. The van der Waals surface area contributed by atoms with Crippen LogP contribution in [0.4, 0.5) is 5.69 Å². The molecule has 1 aromatic carbocycles.